The highest BCUT2D eigenvalue weighted by molar-refractivity contribution is 5.65. The topological polar surface area (TPSA) is 17.1 Å². The summed E-state index contributed by atoms with van der Waals surface area (Å²) in [7, 11) is 0. The lowest BCUT2D eigenvalue weighted by Gasteiger charge is -2.58. The maximum absolute atomic E-state index is 12.2. The third-order valence-electron chi connectivity index (χ3n) is 8.62. The molecule has 0 N–H and O–H groups in total. The van der Waals surface area contributed by atoms with E-state index in [1.807, 2.05) is 0 Å². The Morgan fingerprint density at radius 1 is 1.09 bits per heavy atom. The molecule has 0 aromatic carbocycles. The van der Waals surface area contributed by atoms with Crippen molar-refractivity contribution < 1.29 is 4.79 Å². The lowest BCUT2D eigenvalue weighted by Crippen LogP contribution is -2.53. The first kappa shape index (κ1) is 15.0. The van der Waals surface area contributed by atoms with Crippen LogP contribution in [0, 0.1) is 40.4 Å². The molecule has 0 aromatic rings. The van der Waals surface area contributed by atoms with Gasteiger partial charge in [-0.1, -0.05) is 32.4 Å². The minimum Gasteiger partial charge on any atom is -0.302 e. The van der Waals surface area contributed by atoms with Crippen molar-refractivity contribution in [1.82, 2.24) is 0 Å². The Morgan fingerprint density at radius 2 is 1.95 bits per heavy atom. The number of fused-ring (bicyclic) bond motifs is 5. The highest BCUT2D eigenvalue weighted by atomic mass is 16.1. The van der Waals surface area contributed by atoms with E-state index in [9.17, 15) is 4.79 Å². The largest absolute Gasteiger partial charge is 0.302 e. The zero-order valence-corrected chi connectivity index (χ0v) is 14.4. The SMILES string of the molecule is CC[C@H]1CC[C@H]2[C@@H]3CCC4CCC=C[C@]4(C=O)[C@H]3CC[C@]12C. The van der Waals surface area contributed by atoms with Crippen molar-refractivity contribution in [3.05, 3.63) is 12.2 Å². The first-order valence-corrected chi connectivity index (χ1v) is 9.79. The average molecular weight is 300 g/mol. The number of carbonyl (C=O) groups excluding carboxylic acids is 1. The van der Waals surface area contributed by atoms with Gasteiger partial charge in [0.2, 0.25) is 0 Å². The fourth-order valence-corrected chi connectivity index (χ4v) is 7.50. The highest BCUT2D eigenvalue weighted by Gasteiger charge is 2.60. The van der Waals surface area contributed by atoms with Crippen LogP contribution in [0.2, 0.25) is 0 Å². The summed E-state index contributed by atoms with van der Waals surface area (Å²) in [6, 6.07) is 0. The van der Waals surface area contributed by atoms with Crippen molar-refractivity contribution in [2.45, 2.75) is 71.6 Å². The molecule has 4 aliphatic rings. The second kappa shape index (κ2) is 5.21. The van der Waals surface area contributed by atoms with Gasteiger partial charge >= 0.3 is 0 Å². The monoisotopic (exact) mass is 300 g/mol. The summed E-state index contributed by atoms with van der Waals surface area (Å²) in [4.78, 5) is 12.2. The zero-order chi connectivity index (χ0) is 15.4. The molecular formula is C21H32O. The van der Waals surface area contributed by atoms with Gasteiger partial charge in [-0.3, -0.25) is 0 Å². The van der Waals surface area contributed by atoms with Crippen molar-refractivity contribution in [3.8, 4) is 0 Å². The van der Waals surface area contributed by atoms with E-state index >= 15 is 0 Å². The van der Waals surface area contributed by atoms with E-state index in [-0.39, 0.29) is 5.41 Å². The van der Waals surface area contributed by atoms with Crippen molar-refractivity contribution in [2.24, 2.45) is 40.4 Å². The van der Waals surface area contributed by atoms with E-state index in [0.29, 0.717) is 17.3 Å². The zero-order valence-electron chi connectivity index (χ0n) is 14.4. The van der Waals surface area contributed by atoms with E-state index < -0.39 is 0 Å². The Kier molecular flexibility index (Phi) is 3.55. The molecule has 4 aliphatic carbocycles. The number of allylic oxidation sites excluding steroid dienone is 2. The maximum atomic E-state index is 12.2. The van der Waals surface area contributed by atoms with Crippen molar-refractivity contribution in [3.63, 3.8) is 0 Å². The Labute approximate surface area is 135 Å². The second-order valence-corrected chi connectivity index (χ2v) is 8.98. The van der Waals surface area contributed by atoms with Crippen LogP contribution in [0.5, 0.6) is 0 Å². The second-order valence-electron chi connectivity index (χ2n) is 8.98. The minimum absolute atomic E-state index is 0.0905. The molecule has 22 heavy (non-hydrogen) atoms. The van der Waals surface area contributed by atoms with Gasteiger partial charge in [-0.15, -0.1) is 0 Å². The summed E-state index contributed by atoms with van der Waals surface area (Å²) in [6.45, 7) is 4.98. The summed E-state index contributed by atoms with van der Waals surface area (Å²) in [5.74, 6) is 3.94. The summed E-state index contributed by atoms with van der Waals surface area (Å²) in [5, 5.41) is 0. The summed E-state index contributed by atoms with van der Waals surface area (Å²) in [6.07, 6.45) is 18.1. The third-order valence-corrected chi connectivity index (χ3v) is 8.62. The molecule has 3 saturated carbocycles. The first-order valence-electron chi connectivity index (χ1n) is 9.79. The maximum Gasteiger partial charge on any atom is 0.130 e. The lowest BCUT2D eigenvalue weighted by molar-refractivity contribution is -0.133. The molecule has 3 fully saturated rings. The molecule has 1 unspecified atom stereocenters. The molecule has 0 radical (unpaired) electrons. The molecule has 1 nitrogen and oxygen atoms in total. The molecule has 7 atom stereocenters. The fourth-order valence-electron chi connectivity index (χ4n) is 7.50. The van der Waals surface area contributed by atoms with Gasteiger partial charge in [-0.25, -0.2) is 0 Å². The van der Waals surface area contributed by atoms with Crippen LogP contribution in [0.3, 0.4) is 0 Å². The van der Waals surface area contributed by atoms with Crippen LogP contribution in [0.4, 0.5) is 0 Å². The van der Waals surface area contributed by atoms with Crippen LogP contribution in [0.25, 0.3) is 0 Å². The number of carbonyl (C=O) groups is 1. The molecule has 0 saturated heterocycles. The van der Waals surface area contributed by atoms with Crippen molar-refractivity contribution in [2.75, 3.05) is 0 Å². The van der Waals surface area contributed by atoms with E-state index in [1.54, 1.807) is 0 Å². The smallest absolute Gasteiger partial charge is 0.130 e. The molecule has 0 aromatic heterocycles. The number of hydrogen-bond donors (Lipinski definition) is 0. The van der Waals surface area contributed by atoms with Gasteiger partial charge in [0.15, 0.2) is 0 Å². The standard InChI is InChI=1S/C21H32O/c1-3-15-8-10-18-17-9-7-16-6-4-5-12-21(16,14-22)19(17)11-13-20(15,18)2/h5,12,14-19H,3-4,6-11,13H2,1-2H3/t15-,16?,17-,18-,19-,20+,21+/m0/s1. The Bertz CT molecular complexity index is 480. The lowest BCUT2D eigenvalue weighted by atomic mass is 9.46. The minimum atomic E-state index is -0.0905. The molecular weight excluding hydrogens is 268 g/mol. The molecule has 122 valence electrons. The molecule has 0 spiro atoms. The number of aldehydes is 1. The van der Waals surface area contributed by atoms with Gasteiger partial charge < -0.3 is 4.79 Å². The molecule has 0 aliphatic heterocycles. The molecule has 0 heterocycles. The van der Waals surface area contributed by atoms with Gasteiger partial charge in [-0.2, -0.15) is 0 Å². The van der Waals surface area contributed by atoms with Crippen LogP contribution >= 0.6 is 0 Å². The normalized spacial score (nSPS) is 53.5. The summed E-state index contributed by atoms with van der Waals surface area (Å²) in [5.41, 5.74) is 0.484. The number of hydrogen-bond acceptors (Lipinski definition) is 1. The van der Waals surface area contributed by atoms with Crippen molar-refractivity contribution >= 4 is 6.29 Å². The summed E-state index contributed by atoms with van der Waals surface area (Å²) < 4.78 is 0. The number of rotatable bonds is 2. The van der Waals surface area contributed by atoms with Gasteiger partial charge in [0, 0.05) is 5.41 Å². The molecule has 4 rings (SSSR count). The Morgan fingerprint density at radius 3 is 2.73 bits per heavy atom. The Balaban J connectivity index is 1.69. The molecule has 0 bridgehead atoms. The van der Waals surface area contributed by atoms with E-state index in [4.69, 9.17) is 0 Å². The molecule has 0 amide bonds. The van der Waals surface area contributed by atoms with Gasteiger partial charge in [-0.05, 0) is 86.4 Å². The van der Waals surface area contributed by atoms with Crippen LogP contribution in [0.1, 0.15) is 71.6 Å². The van der Waals surface area contributed by atoms with Gasteiger partial charge in [0.1, 0.15) is 6.29 Å². The van der Waals surface area contributed by atoms with Gasteiger partial charge in [0.05, 0.1) is 0 Å². The van der Waals surface area contributed by atoms with E-state index in [1.165, 1.54) is 64.1 Å². The first-order chi connectivity index (χ1) is 10.7. The predicted octanol–water partition coefficient (Wildman–Crippen LogP) is 5.40. The molecule has 1 heteroatoms. The predicted molar refractivity (Wildman–Crippen MR) is 90.4 cm³/mol. The fraction of sp³-hybridized carbons (Fsp3) is 0.857. The average Bonchev–Trinajstić information content (AvgIpc) is 2.90. The van der Waals surface area contributed by atoms with Gasteiger partial charge in [0.25, 0.3) is 0 Å². The van der Waals surface area contributed by atoms with Crippen LogP contribution in [-0.2, 0) is 4.79 Å². The Hall–Kier alpha value is -0.590. The van der Waals surface area contributed by atoms with Crippen molar-refractivity contribution in [1.29, 1.82) is 0 Å². The quantitative estimate of drug-likeness (QED) is 0.493. The summed E-state index contributed by atoms with van der Waals surface area (Å²) >= 11 is 0. The van der Waals surface area contributed by atoms with E-state index in [0.717, 1.165) is 17.8 Å². The van der Waals surface area contributed by atoms with Crippen LogP contribution < -0.4 is 0 Å². The van der Waals surface area contributed by atoms with Crippen LogP contribution in [-0.4, -0.2) is 6.29 Å². The van der Waals surface area contributed by atoms with Crippen LogP contribution in [0.15, 0.2) is 12.2 Å². The highest BCUT2D eigenvalue weighted by Crippen LogP contribution is 2.66. The van der Waals surface area contributed by atoms with E-state index in [2.05, 4.69) is 26.0 Å². The third kappa shape index (κ3) is 1.80.